The lowest BCUT2D eigenvalue weighted by Crippen LogP contribution is -2.35. The number of aliphatic hydroxyl groups excluding tert-OH is 3. The van der Waals surface area contributed by atoms with Crippen molar-refractivity contribution in [2.24, 2.45) is 4.99 Å². The number of hydrogen-bond acceptors (Lipinski definition) is 7. The van der Waals surface area contributed by atoms with Crippen LogP contribution in [0, 0.1) is 0 Å². The van der Waals surface area contributed by atoms with Gasteiger partial charge in [0.05, 0.1) is 12.9 Å². The van der Waals surface area contributed by atoms with Crippen LogP contribution in [-0.2, 0) is 4.74 Å². The molecule has 116 valence electrons. The quantitative estimate of drug-likeness (QED) is 0.437. The van der Waals surface area contributed by atoms with Gasteiger partial charge in [-0.25, -0.2) is 9.79 Å². The Bertz CT molecular complexity index is 573. The van der Waals surface area contributed by atoms with Crippen LogP contribution < -0.4 is 5.69 Å². The molecule has 0 radical (unpaired) electrons. The zero-order valence-electron chi connectivity index (χ0n) is 11.7. The molecule has 1 aliphatic heterocycles. The standard InChI is InChI=1S/C12H18N4O5/c1-15(2)6-13-8-3-4-16(12(20)14-8)11-10(19)9(18)7(5-17)21-11/h3-4,6-7,9-11,17-19H,5H2,1-2H3/t7-,9-,10-,11-/m1/s1. The van der Waals surface area contributed by atoms with Gasteiger partial charge in [-0.1, -0.05) is 0 Å². The first kappa shape index (κ1) is 15.6. The molecule has 1 aromatic rings. The number of nitrogens with zero attached hydrogens (tertiary/aromatic N) is 4. The average Bonchev–Trinajstić information content (AvgIpc) is 2.73. The van der Waals surface area contributed by atoms with E-state index in [1.807, 2.05) is 0 Å². The zero-order chi connectivity index (χ0) is 15.6. The molecule has 0 amide bonds. The van der Waals surface area contributed by atoms with Crippen molar-refractivity contribution >= 4 is 12.2 Å². The predicted octanol–water partition coefficient (Wildman–Crippen LogP) is -1.92. The summed E-state index contributed by atoms with van der Waals surface area (Å²) in [6, 6.07) is 1.48. The maximum absolute atomic E-state index is 11.9. The second-order valence-electron chi connectivity index (χ2n) is 4.91. The van der Waals surface area contributed by atoms with E-state index in [2.05, 4.69) is 9.98 Å². The van der Waals surface area contributed by atoms with E-state index in [0.717, 1.165) is 4.57 Å². The summed E-state index contributed by atoms with van der Waals surface area (Å²) in [4.78, 5) is 21.4. The smallest absolute Gasteiger partial charge is 0.351 e. The Morgan fingerprint density at radius 1 is 1.48 bits per heavy atom. The Kier molecular flexibility index (Phi) is 4.68. The van der Waals surface area contributed by atoms with Crippen molar-refractivity contribution < 1.29 is 20.1 Å². The van der Waals surface area contributed by atoms with E-state index in [1.54, 1.807) is 19.0 Å². The van der Waals surface area contributed by atoms with Crippen molar-refractivity contribution in [2.75, 3.05) is 20.7 Å². The monoisotopic (exact) mass is 298 g/mol. The van der Waals surface area contributed by atoms with Gasteiger partial charge in [-0.2, -0.15) is 4.98 Å². The van der Waals surface area contributed by atoms with Crippen LogP contribution in [0.2, 0.25) is 0 Å². The second kappa shape index (κ2) is 6.31. The second-order valence-corrected chi connectivity index (χ2v) is 4.91. The number of rotatable bonds is 4. The Hall–Kier alpha value is -1.81. The van der Waals surface area contributed by atoms with Gasteiger partial charge < -0.3 is 25.0 Å². The maximum Gasteiger partial charge on any atom is 0.351 e. The topological polar surface area (TPSA) is 120 Å². The largest absolute Gasteiger partial charge is 0.394 e. The minimum Gasteiger partial charge on any atom is -0.394 e. The van der Waals surface area contributed by atoms with E-state index in [0.29, 0.717) is 0 Å². The Morgan fingerprint density at radius 2 is 2.19 bits per heavy atom. The first-order valence-electron chi connectivity index (χ1n) is 6.36. The lowest BCUT2D eigenvalue weighted by Gasteiger charge is -2.16. The summed E-state index contributed by atoms with van der Waals surface area (Å²) in [5.41, 5.74) is -0.668. The normalized spacial score (nSPS) is 29.2. The summed E-state index contributed by atoms with van der Waals surface area (Å²) < 4.78 is 6.32. The lowest BCUT2D eigenvalue weighted by molar-refractivity contribution is -0.0549. The fraction of sp³-hybridized carbons (Fsp3) is 0.583. The Labute approximate surface area is 120 Å². The molecule has 4 atom stereocenters. The molecule has 9 heteroatoms. The van der Waals surface area contributed by atoms with Crippen molar-refractivity contribution in [3.8, 4) is 0 Å². The molecule has 9 nitrogen and oxygen atoms in total. The third-order valence-corrected chi connectivity index (χ3v) is 3.03. The van der Waals surface area contributed by atoms with E-state index < -0.39 is 36.8 Å². The molecule has 2 rings (SSSR count). The van der Waals surface area contributed by atoms with Gasteiger partial charge in [-0.15, -0.1) is 0 Å². The van der Waals surface area contributed by atoms with Gasteiger partial charge in [-0.3, -0.25) is 4.57 Å². The lowest BCUT2D eigenvalue weighted by atomic mass is 10.1. The van der Waals surface area contributed by atoms with Crippen LogP contribution in [0.3, 0.4) is 0 Å². The van der Waals surface area contributed by atoms with E-state index >= 15 is 0 Å². The number of aliphatic hydroxyl groups is 3. The molecule has 0 saturated carbocycles. The third-order valence-electron chi connectivity index (χ3n) is 3.03. The average molecular weight is 298 g/mol. The molecule has 3 N–H and O–H groups in total. The van der Waals surface area contributed by atoms with E-state index in [9.17, 15) is 15.0 Å². The molecule has 0 aliphatic carbocycles. The fourth-order valence-corrected chi connectivity index (χ4v) is 1.95. The van der Waals surface area contributed by atoms with Crippen molar-refractivity contribution in [3.63, 3.8) is 0 Å². The van der Waals surface area contributed by atoms with Gasteiger partial charge in [0.1, 0.15) is 18.3 Å². The first-order valence-corrected chi connectivity index (χ1v) is 6.36. The summed E-state index contributed by atoms with van der Waals surface area (Å²) in [6.45, 7) is -0.456. The van der Waals surface area contributed by atoms with E-state index in [-0.39, 0.29) is 5.82 Å². The van der Waals surface area contributed by atoms with Crippen molar-refractivity contribution in [1.29, 1.82) is 0 Å². The third kappa shape index (κ3) is 3.27. The van der Waals surface area contributed by atoms with E-state index in [4.69, 9.17) is 9.84 Å². The Balaban J connectivity index is 2.24. The molecule has 0 unspecified atom stereocenters. The summed E-state index contributed by atoms with van der Waals surface area (Å²) >= 11 is 0. The molecule has 0 aromatic carbocycles. The maximum atomic E-state index is 11.9. The minimum absolute atomic E-state index is 0.219. The van der Waals surface area contributed by atoms with Gasteiger partial charge in [-0.05, 0) is 6.07 Å². The molecule has 2 heterocycles. The van der Waals surface area contributed by atoms with E-state index in [1.165, 1.54) is 18.6 Å². The number of aliphatic imine (C=N–C) groups is 1. The SMILES string of the molecule is CN(C)C=Nc1ccn([C@@H]2O[C@H](CO)[C@@H](O)[C@H]2O)c(=O)n1. The molecule has 0 spiro atoms. The molecule has 1 fully saturated rings. The van der Waals surface area contributed by atoms with Crippen molar-refractivity contribution in [1.82, 2.24) is 14.5 Å². The molecule has 1 saturated heterocycles. The van der Waals surface area contributed by atoms with Gasteiger partial charge in [0.25, 0.3) is 0 Å². The highest BCUT2D eigenvalue weighted by Gasteiger charge is 2.43. The summed E-state index contributed by atoms with van der Waals surface area (Å²) in [5, 5.41) is 28.6. The highest BCUT2D eigenvalue weighted by atomic mass is 16.6. The van der Waals surface area contributed by atoms with Gasteiger partial charge in [0, 0.05) is 20.3 Å². The molecule has 1 aliphatic rings. The van der Waals surface area contributed by atoms with Crippen LogP contribution in [0.25, 0.3) is 0 Å². The highest BCUT2D eigenvalue weighted by molar-refractivity contribution is 5.58. The predicted molar refractivity (Wildman–Crippen MR) is 73.3 cm³/mol. The number of hydrogen-bond donors (Lipinski definition) is 3. The van der Waals surface area contributed by atoms with Crippen molar-refractivity contribution in [2.45, 2.75) is 24.5 Å². The van der Waals surface area contributed by atoms with Crippen molar-refractivity contribution in [3.05, 3.63) is 22.7 Å². The van der Waals surface area contributed by atoms with Crippen LogP contribution in [0.5, 0.6) is 0 Å². The first-order chi connectivity index (χ1) is 9.93. The number of ether oxygens (including phenoxy) is 1. The highest BCUT2D eigenvalue weighted by Crippen LogP contribution is 2.28. The van der Waals surface area contributed by atoms with Gasteiger partial charge in [0.15, 0.2) is 12.0 Å². The summed E-state index contributed by atoms with van der Waals surface area (Å²) in [6.07, 6.45) is -1.75. The number of aromatic nitrogens is 2. The molecular weight excluding hydrogens is 280 g/mol. The Morgan fingerprint density at radius 3 is 2.71 bits per heavy atom. The van der Waals surface area contributed by atoms with Gasteiger partial charge >= 0.3 is 5.69 Å². The van der Waals surface area contributed by atoms with Crippen LogP contribution in [0.15, 0.2) is 22.1 Å². The summed E-state index contributed by atoms with van der Waals surface area (Å²) in [5.74, 6) is 0.219. The van der Waals surface area contributed by atoms with Crippen LogP contribution in [0.1, 0.15) is 6.23 Å². The molecule has 21 heavy (non-hydrogen) atoms. The van der Waals surface area contributed by atoms with Crippen LogP contribution >= 0.6 is 0 Å². The zero-order valence-corrected chi connectivity index (χ0v) is 11.7. The fourth-order valence-electron chi connectivity index (χ4n) is 1.95. The van der Waals surface area contributed by atoms with Gasteiger partial charge in [0.2, 0.25) is 0 Å². The molecule has 0 bridgehead atoms. The molecule has 1 aromatic heterocycles. The van der Waals surface area contributed by atoms with Crippen LogP contribution in [0.4, 0.5) is 5.82 Å². The summed E-state index contributed by atoms with van der Waals surface area (Å²) in [7, 11) is 3.56. The van der Waals surface area contributed by atoms with Crippen LogP contribution in [-0.4, -0.2) is 75.1 Å². The minimum atomic E-state index is -1.32. The molecular formula is C12H18N4O5.